The lowest BCUT2D eigenvalue weighted by Crippen LogP contribution is -2.17. The molecule has 0 amide bonds. The Kier molecular flexibility index (Phi) is 3.46. The lowest BCUT2D eigenvalue weighted by Gasteiger charge is -2.25. The minimum Gasteiger partial charge on any atom is -0.478 e. The third kappa shape index (κ3) is 2.87. The monoisotopic (exact) mass is 235 g/mol. The number of aromatic carboxylic acids is 1. The van der Waals surface area contributed by atoms with Crippen LogP contribution in [0.1, 0.15) is 36.0 Å². The summed E-state index contributed by atoms with van der Waals surface area (Å²) in [4.78, 5) is 15.0. The first-order chi connectivity index (χ1) is 8.16. The van der Waals surface area contributed by atoms with E-state index in [0.29, 0.717) is 11.5 Å². The highest BCUT2D eigenvalue weighted by Crippen LogP contribution is 2.29. The normalized spacial score (nSPS) is 15.3. The van der Waals surface area contributed by atoms with Crippen LogP contribution in [0.3, 0.4) is 0 Å². The van der Waals surface area contributed by atoms with Crippen LogP contribution in [0.15, 0.2) is 12.3 Å². The summed E-state index contributed by atoms with van der Waals surface area (Å²) in [6.45, 7) is 0.766. The Balaban J connectivity index is 1.96. The number of carboxylic acid groups (broad SMARTS) is 1. The molecule has 1 aromatic rings. The third-order valence-electron chi connectivity index (χ3n) is 3.21. The van der Waals surface area contributed by atoms with Crippen molar-refractivity contribution in [1.29, 1.82) is 0 Å². The van der Waals surface area contributed by atoms with Crippen LogP contribution >= 0.6 is 0 Å². The van der Waals surface area contributed by atoms with Gasteiger partial charge in [0.05, 0.1) is 11.9 Å². The minimum absolute atomic E-state index is 0.138. The van der Waals surface area contributed by atoms with Crippen LogP contribution in [0.25, 0.3) is 0 Å². The van der Waals surface area contributed by atoms with Crippen molar-refractivity contribution < 1.29 is 9.90 Å². The summed E-state index contributed by atoms with van der Waals surface area (Å²) in [6.07, 6.45) is 6.46. The fourth-order valence-electron chi connectivity index (χ4n) is 1.96. The van der Waals surface area contributed by atoms with Gasteiger partial charge in [-0.15, -0.1) is 0 Å². The van der Waals surface area contributed by atoms with Crippen LogP contribution in [0.4, 0.5) is 11.5 Å². The Morgan fingerprint density at radius 1 is 1.59 bits per heavy atom. The second-order valence-corrected chi connectivity index (χ2v) is 4.48. The van der Waals surface area contributed by atoms with Crippen molar-refractivity contribution in [2.45, 2.75) is 25.7 Å². The Bertz CT molecular complexity index is 416. The molecule has 92 valence electrons. The molecule has 1 aliphatic rings. The van der Waals surface area contributed by atoms with Gasteiger partial charge in [0.2, 0.25) is 0 Å². The molecule has 0 spiro atoms. The third-order valence-corrected chi connectivity index (χ3v) is 3.21. The molecule has 5 nitrogen and oxygen atoms in total. The van der Waals surface area contributed by atoms with E-state index in [4.69, 9.17) is 10.8 Å². The van der Waals surface area contributed by atoms with E-state index in [0.717, 1.165) is 18.9 Å². The maximum absolute atomic E-state index is 11.0. The molecule has 0 saturated heterocycles. The second kappa shape index (κ2) is 5.03. The molecule has 0 atom stereocenters. The molecule has 0 unspecified atom stereocenters. The van der Waals surface area contributed by atoms with E-state index in [1.54, 1.807) is 0 Å². The van der Waals surface area contributed by atoms with Gasteiger partial charge >= 0.3 is 5.97 Å². The predicted octanol–water partition coefficient (Wildman–Crippen LogP) is 1.96. The summed E-state index contributed by atoms with van der Waals surface area (Å²) in [5.41, 5.74) is 6.02. The summed E-state index contributed by atoms with van der Waals surface area (Å²) >= 11 is 0. The van der Waals surface area contributed by atoms with Crippen molar-refractivity contribution >= 4 is 17.5 Å². The highest BCUT2D eigenvalue weighted by atomic mass is 16.4. The average molecular weight is 235 g/mol. The van der Waals surface area contributed by atoms with Crippen LogP contribution in [0.2, 0.25) is 0 Å². The molecule has 1 aromatic heterocycles. The number of pyridine rings is 1. The van der Waals surface area contributed by atoms with Gasteiger partial charge in [0, 0.05) is 6.54 Å². The van der Waals surface area contributed by atoms with Gasteiger partial charge in [0.15, 0.2) is 0 Å². The SMILES string of the molecule is Nc1cnc(NCCC2CCC2)c(C(=O)O)c1. The Labute approximate surface area is 100 Å². The van der Waals surface area contributed by atoms with Crippen LogP contribution in [-0.4, -0.2) is 22.6 Å². The maximum atomic E-state index is 11.0. The molecule has 0 radical (unpaired) electrons. The number of aromatic nitrogens is 1. The van der Waals surface area contributed by atoms with Crippen molar-refractivity contribution in [1.82, 2.24) is 4.98 Å². The first kappa shape index (κ1) is 11.7. The maximum Gasteiger partial charge on any atom is 0.339 e. The molecule has 1 saturated carbocycles. The minimum atomic E-state index is -1.00. The number of nitrogen functional groups attached to an aromatic ring is 1. The molecular weight excluding hydrogens is 218 g/mol. The van der Waals surface area contributed by atoms with Gasteiger partial charge in [-0.05, 0) is 18.4 Å². The van der Waals surface area contributed by atoms with Gasteiger partial charge in [-0.1, -0.05) is 19.3 Å². The topological polar surface area (TPSA) is 88.2 Å². The predicted molar refractivity (Wildman–Crippen MR) is 66.1 cm³/mol. The quantitative estimate of drug-likeness (QED) is 0.726. The molecule has 4 N–H and O–H groups in total. The Morgan fingerprint density at radius 2 is 2.35 bits per heavy atom. The number of anilines is 2. The number of hydrogen-bond acceptors (Lipinski definition) is 4. The number of carbonyl (C=O) groups is 1. The number of carboxylic acids is 1. The largest absolute Gasteiger partial charge is 0.478 e. The van der Waals surface area contributed by atoms with Crippen LogP contribution < -0.4 is 11.1 Å². The molecule has 5 heteroatoms. The van der Waals surface area contributed by atoms with E-state index >= 15 is 0 Å². The molecule has 0 bridgehead atoms. The van der Waals surface area contributed by atoms with Crippen molar-refractivity contribution in [2.24, 2.45) is 5.92 Å². The number of nitrogens with two attached hydrogens (primary N) is 1. The van der Waals surface area contributed by atoms with Crippen molar-refractivity contribution in [3.05, 3.63) is 17.8 Å². The van der Waals surface area contributed by atoms with Gasteiger partial charge < -0.3 is 16.2 Å². The fraction of sp³-hybridized carbons (Fsp3) is 0.500. The number of rotatable bonds is 5. The first-order valence-corrected chi connectivity index (χ1v) is 5.89. The van der Waals surface area contributed by atoms with Gasteiger partial charge in [0.1, 0.15) is 11.4 Å². The highest BCUT2D eigenvalue weighted by Gasteiger charge is 2.17. The molecule has 1 fully saturated rings. The number of nitrogens with one attached hydrogen (secondary N) is 1. The second-order valence-electron chi connectivity index (χ2n) is 4.48. The van der Waals surface area contributed by atoms with E-state index < -0.39 is 5.97 Å². The molecule has 1 heterocycles. The van der Waals surface area contributed by atoms with Gasteiger partial charge in [-0.25, -0.2) is 9.78 Å². The van der Waals surface area contributed by atoms with Crippen LogP contribution in [0.5, 0.6) is 0 Å². The molecule has 0 aromatic carbocycles. The van der Waals surface area contributed by atoms with Crippen molar-refractivity contribution in [3.8, 4) is 0 Å². The lowest BCUT2D eigenvalue weighted by molar-refractivity contribution is 0.0697. The van der Waals surface area contributed by atoms with Gasteiger partial charge in [-0.3, -0.25) is 0 Å². The summed E-state index contributed by atoms with van der Waals surface area (Å²) in [6, 6.07) is 1.43. The summed E-state index contributed by atoms with van der Waals surface area (Å²) in [5.74, 6) is 0.200. The number of nitrogens with zero attached hydrogens (tertiary/aromatic N) is 1. The van der Waals surface area contributed by atoms with Crippen LogP contribution in [0, 0.1) is 5.92 Å². The molecular formula is C12H17N3O2. The van der Waals surface area contributed by atoms with Gasteiger partial charge in [0.25, 0.3) is 0 Å². The van der Waals surface area contributed by atoms with Crippen molar-refractivity contribution in [3.63, 3.8) is 0 Å². The highest BCUT2D eigenvalue weighted by molar-refractivity contribution is 5.94. The molecule has 1 aliphatic carbocycles. The molecule has 2 rings (SSSR count). The Morgan fingerprint density at radius 3 is 2.94 bits per heavy atom. The van der Waals surface area contributed by atoms with E-state index in [9.17, 15) is 4.79 Å². The summed E-state index contributed by atoms with van der Waals surface area (Å²) in [7, 11) is 0. The summed E-state index contributed by atoms with van der Waals surface area (Å²) in [5, 5.41) is 12.1. The zero-order valence-corrected chi connectivity index (χ0v) is 9.65. The summed E-state index contributed by atoms with van der Waals surface area (Å²) < 4.78 is 0. The van der Waals surface area contributed by atoms with Crippen LogP contribution in [-0.2, 0) is 0 Å². The smallest absolute Gasteiger partial charge is 0.339 e. The zero-order valence-electron chi connectivity index (χ0n) is 9.65. The lowest BCUT2D eigenvalue weighted by atomic mass is 9.83. The van der Waals surface area contributed by atoms with E-state index in [2.05, 4.69) is 10.3 Å². The van der Waals surface area contributed by atoms with Gasteiger partial charge in [-0.2, -0.15) is 0 Å². The number of hydrogen-bond donors (Lipinski definition) is 3. The van der Waals surface area contributed by atoms with Crippen molar-refractivity contribution in [2.75, 3.05) is 17.6 Å². The average Bonchev–Trinajstić information content (AvgIpc) is 2.23. The molecule has 17 heavy (non-hydrogen) atoms. The van der Waals surface area contributed by atoms with E-state index in [1.165, 1.54) is 31.5 Å². The fourth-order valence-corrected chi connectivity index (χ4v) is 1.96. The first-order valence-electron chi connectivity index (χ1n) is 5.89. The van der Waals surface area contributed by atoms with E-state index in [-0.39, 0.29) is 5.56 Å². The molecule has 0 aliphatic heterocycles. The zero-order chi connectivity index (χ0) is 12.3. The van der Waals surface area contributed by atoms with E-state index in [1.807, 2.05) is 0 Å². The standard InChI is InChI=1S/C12H17N3O2/c13-9-6-10(12(16)17)11(15-7-9)14-5-4-8-2-1-3-8/h6-8H,1-5,13H2,(H,14,15)(H,16,17). The Hall–Kier alpha value is -1.78.